The van der Waals surface area contributed by atoms with Gasteiger partial charge in [0.15, 0.2) is 0 Å². The molecule has 2 aromatic rings. The topological polar surface area (TPSA) is 15.6 Å². The molecule has 2 aliphatic heterocycles. The van der Waals surface area contributed by atoms with Crippen LogP contribution < -0.4 is 0 Å². The maximum absolute atomic E-state index is 4.63. The average molecular weight is 330 g/mol. The Morgan fingerprint density at radius 3 is 2.46 bits per heavy atom. The van der Waals surface area contributed by atoms with Gasteiger partial charge in [-0.2, -0.15) is 4.40 Å². The zero-order chi connectivity index (χ0) is 16.2. The number of hydrogen-bond acceptors (Lipinski definition) is 3. The van der Waals surface area contributed by atoms with E-state index in [-0.39, 0.29) is 0 Å². The summed E-state index contributed by atoms with van der Waals surface area (Å²) in [6.45, 7) is 1.02. The van der Waals surface area contributed by atoms with Crippen molar-refractivity contribution >= 4 is 35.5 Å². The van der Waals surface area contributed by atoms with Crippen LogP contribution >= 0.6 is 11.9 Å². The van der Waals surface area contributed by atoms with Gasteiger partial charge in [0.25, 0.3) is 0 Å². The van der Waals surface area contributed by atoms with Crippen LogP contribution in [-0.2, 0) is 0 Å². The quantitative estimate of drug-likeness (QED) is 0.573. The van der Waals surface area contributed by atoms with Gasteiger partial charge in [0.05, 0.1) is 0 Å². The van der Waals surface area contributed by atoms with Gasteiger partial charge in [-0.05, 0) is 40.8 Å². The fraction of sp³-hybridized carbons (Fsp3) is 0.0952. The van der Waals surface area contributed by atoms with Crippen LogP contribution in [0.1, 0.15) is 16.7 Å². The third kappa shape index (κ3) is 3.22. The molecule has 0 spiro atoms. The van der Waals surface area contributed by atoms with Crippen LogP contribution in [0.4, 0.5) is 0 Å². The molecular weight excluding hydrogens is 312 g/mol. The average Bonchev–Trinajstić information content (AvgIpc) is 2.67. The van der Waals surface area contributed by atoms with E-state index in [1.165, 1.54) is 22.3 Å². The van der Waals surface area contributed by atoms with Gasteiger partial charge in [0, 0.05) is 24.1 Å². The molecule has 2 aromatic carbocycles. The summed E-state index contributed by atoms with van der Waals surface area (Å²) in [6.07, 6.45) is 10.7. The standard InChI is InChI=1S/C21H18N2S/c1-2-5-17(6-3-1)8-9-18-10-12-19(13-11-18)20-7-4-14-23-15-16-24-22-21(20)23/h1-14H,15-16H2. The van der Waals surface area contributed by atoms with Crippen molar-refractivity contribution in [3.8, 4) is 0 Å². The van der Waals surface area contributed by atoms with Gasteiger partial charge in [-0.15, -0.1) is 0 Å². The summed E-state index contributed by atoms with van der Waals surface area (Å²) in [6, 6.07) is 19.0. The molecule has 0 aromatic heterocycles. The van der Waals surface area contributed by atoms with Gasteiger partial charge in [0.2, 0.25) is 0 Å². The van der Waals surface area contributed by atoms with Crippen LogP contribution in [0.2, 0.25) is 0 Å². The molecule has 0 aliphatic carbocycles. The molecule has 0 amide bonds. The number of benzene rings is 2. The van der Waals surface area contributed by atoms with Crippen molar-refractivity contribution in [1.82, 2.24) is 4.90 Å². The summed E-state index contributed by atoms with van der Waals surface area (Å²) in [7, 11) is 0. The molecule has 24 heavy (non-hydrogen) atoms. The minimum atomic E-state index is 1.02. The first kappa shape index (κ1) is 15.0. The summed E-state index contributed by atoms with van der Waals surface area (Å²) in [5, 5.41) is 0. The number of amidine groups is 1. The zero-order valence-corrected chi connectivity index (χ0v) is 14.1. The van der Waals surface area contributed by atoms with Crippen molar-refractivity contribution in [3.63, 3.8) is 0 Å². The number of nitrogens with zero attached hydrogens (tertiary/aromatic N) is 2. The Bertz CT molecular complexity index is 830. The van der Waals surface area contributed by atoms with E-state index >= 15 is 0 Å². The van der Waals surface area contributed by atoms with E-state index in [1.54, 1.807) is 11.9 Å². The SMILES string of the molecule is C1=CN2CCSN=C2C(c2ccc(C=Cc3ccccc3)cc2)=C1. The molecule has 0 radical (unpaired) electrons. The first-order chi connectivity index (χ1) is 11.9. The first-order valence-electron chi connectivity index (χ1n) is 8.09. The summed E-state index contributed by atoms with van der Waals surface area (Å²) >= 11 is 1.65. The van der Waals surface area contributed by atoms with Gasteiger partial charge in [-0.1, -0.05) is 66.7 Å². The van der Waals surface area contributed by atoms with Gasteiger partial charge in [-0.3, -0.25) is 0 Å². The third-order valence-electron chi connectivity index (χ3n) is 4.11. The van der Waals surface area contributed by atoms with Crippen LogP contribution in [0.15, 0.2) is 77.3 Å². The Morgan fingerprint density at radius 2 is 1.67 bits per heavy atom. The van der Waals surface area contributed by atoms with Crippen molar-refractivity contribution in [1.29, 1.82) is 0 Å². The van der Waals surface area contributed by atoms with E-state index in [1.807, 2.05) is 6.07 Å². The Hall–Kier alpha value is -2.52. The van der Waals surface area contributed by atoms with Gasteiger partial charge in [-0.25, -0.2) is 0 Å². The van der Waals surface area contributed by atoms with Crippen LogP contribution in [0.3, 0.4) is 0 Å². The van der Waals surface area contributed by atoms with E-state index in [0.717, 1.165) is 18.1 Å². The third-order valence-corrected chi connectivity index (χ3v) is 4.77. The smallest absolute Gasteiger partial charge is 0.148 e. The molecule has 0 saturated carbocycles. The molecule has 2 nitrogen and oxygen atoms in total. The fourth-order valence-electron chi connectivity index (χ4n) is 2.83. The second-order valence-corrected chi connectivity index (χ2v) is 6.58. The Labute approximate surface area is 147 Å². The molecule has 4 rings (SSSR count). The lowest BCUT2D eigenvalue weighted by molar-refractivity contribution is 0.594. The highest BCUT2D eigenvalue weighted by atomic mass is 32.2. The molecular formula is C21H18N2S. The molecule has 2 aliphatic rings. The lowest BCUT2D eigenvalue weighted by Gasteiger charge is -2.29. The van der Waals surface area contributed by atoms with E-state index in [4.69, 9.17) is 0 Å². The molecule has 118 valence electrons. The first-order valence-corrected chi connectivity index (χ1v) is 9.03. The van der Waals surface area contributed by atoms with Crippen molar-refractivity contribution in [3.05, 3.63) is 89.6 Å². The highest BCUT2D eigenvalue weighted by Gasteiger charge is 2.20. The predicted octanol–water partition coefficient (Wildman–Crippen LogP) is 5.13. The molecule has 0 unspecified atom stereocenters. The number of rotatable bonds is 3. The molecule has 0 fully saturated rings. The van der Waals surface area contributed by atoms with E-state index in [2.05, 4.69) is 88.3 Å². The number of hydrogen-bond donors (Lipinski definition) is 0. The van der Waals surface area contributed by atoms with Gasteiger partial charge < -0.3 is 4.90 Å². The maximum Gasteiger partial charge on any atom is 0.148 e. The Morgan fingerprint density at radius 1 is 0.917 bits per heavy atom. The second kappa shape index (κ2) is 6.93. The van der Waals surface area contributed by atoms with E-state index < -0.39 is 0 Å². The molecule has 2 heterocycles. The number of fused-ring (bicyclic) bond motifs is 1. The molecule has 0 atom stereocenters. The Kier molecular flexibility index (Phi) is 4.34. The highest BCUT2D eigenvalue weighted by molar-refractivity contribution is 7.98. The van der Waals surface area contributed by atoms with Gasteiger partial charge >= 0.3 is 0 Å². The van der Waals surface area contributed by atoms with Crippen LogP contribution in [0.25, 0.3) is 17.7 Å². The molecule has 0 saturated heterocycles. The summed E-state index contributed by atoms with van der Waals surface area (Å²) in [5.74, 6) is 2.12. The lowest BCUT2D eigenvalue weighted by atomic mass is 10.00. The minimum absolute atomic E-state index is 1.02. The summed E-state index contributed by atoms with van der Waals surface area (Å²) in [5.41, 5.74) is 4.82. The molecule has 0 N–H and O–H groups in total. The minimum Gasteiger partial charge on any atom is -0.331 e. The zero-order valence-electron chi connectivity index (χ0n) is 13.3. The predicted molar refractivity (Wildman–Crippen MR) is 106 cm³/mol. The second-order valence-electron chi connectivity index (χ2n) is 5.73. The van der Waals surface area contributed by atoms with Gasteiger partial charge in [0.1, 0.15) is 5.84 Å². The summed E-state index contributed by atoms with van der Waals surface area (Å²) in [4.78, 5) is 2.23. The van der Waals surface area contributed by atoms with Crippen molar-refractivity contribution in [2.75, 3.05) is 12.3 Å². The lowest BCUT2D eigenvalue weighted by Crippen LogP contribution is -2.32. The molecule has 0 bridgehead atoms. The highest BCUT2D eigenvalue weighted by Crippen LogP contribution is 2.27. The largest absolute Gasteiger partial charge is 0.331 e. The normalized spacial score (nSPS) is 16.8. The van der Waals surface area contributed by atoms with Crippen LogP contribution in [0.5, 0.6) is 0 Å². The summed E-state index contributed by atoms with van der Waals surface area (Å²) < 4.78 is 4.63. The van der Waals surface area contributed by atoms with E-state index in [0.29, 0.717) is 0 Å². The van der Waals surface area contributed by atoms with Crippen LogP contribution in [-0.4, -0.2) is 23.0 Å². The number of allylic oxidation sites excluding steroid dienone is 2. The van der Waals surface area contributed by atoms with E-state index in [9.17, 15) is 0 Å². The monoisotopic (exact) mass is 330 g/mol. The maximum atomic E-state index is 4.63. The van der Waals surface area contributed by atoms with Crippen molar-refractivity contribution in [2.45, 2.75) is 0 Å². The Balaban J connectivity index is 1.56. The molecule has 3 heteroatoms. The fourth-order valence-corrected chi connectivity index (χ4v) is 3.52. The van der Waals surface area contributed by atoms with Crippen molar-refractivity contribution in [2.24, 2.45) is 4.40 Å². The van der Waals surface area contributed by atoms with Crippen molar-refractivity contribution < 1.29 is 0 Å². The van der Waals surface area contributed by atoms with Crippen LogP contribution in [0, 0.1) is 0 Å².